The van der Waals surface area contributed by atoms with Crippen LogP contribution in [0.3, 0.4) is 0 Å². The van der Waals surface area contributed by atoms with Crippen LogP contribution in [0.5, 0.6) is 0 Å². The van der Waals surface area contributed by atoms with Gasteiger partial charge in [-0.2, -0.15) is 0 Å². The van der Waals surface area contributed by atoms with Crippen LogP contribution < -0.4 is 15.5 Å². The first-order valence-corrected chi connectivity index (χ1v) is 9.41. The van der Waals surface area contributed by atoms with Crippen LogP contribution in [0.2, 0.25) is 0 Å². The fourth-order valence-corrected chi connectivity index (χ4v) is 3.84. The summed E-state index contributed by atoms with van der Waals surface area (Å²) in [5.41, 5.74) is 0. The molecule has 1 aliphatic heterocycles. The summed E-state index contributed by atoms with van der Waals surface area (Å²) in [6.07, 6.45) is 3.63. The molecule has 0 aromatic carbocycles. The van der Waals surface area contributed by atoms with E-state index in [1.807, 2.05) is 16.2 Å². The molecule has 0 bridgehead atoms. The average Bonchev–Trinajstić information content (AvgIpc) is 3.28. The van der Waals surface area contributed by atoms with Crippen molar-refractivity contribution in [2.45, 2.75) is 32.4 Å². The molecule has 134 valence electrons. The van der Waals surface area contributed by atoms with Gasteiger partial charge in [-0.1, -0.05) is 6.92 Å². The largest absolute Gasteiger partial charge is 0.352 e. The van der Waals surface area contributed by atoms with Gasteiger partial charge in [0, 0.05) is 42.1 Å². The van der Waals surface area contributed by atoms with Crippen LogP contribution in [0, 0.1) is 5.82 Å². The molecular weight excluding hydrogens is 337 g/mol. The van der Waals surface area contributed by atoms with Gasteiger partial charge >= 0.3 is 0 Å². The van der Waals surface area contributed by atoms with Crippen molar-refractivity contribution >= 4 is 23.1 Å². The molecule has 2 aromatic heterocycles. The molecule has 0 saturated carbocycles. The van der Waals surface area contributed by atoms with E-state index < -0.39 is 0 Å². The fourth-order valence-electron chi connectivity index (χ4n) is 2.95. The molecule has 0 amide bonds. The van der Waals surface area contributed by atoms with Crippen molar-refractivity contribution in [2.75, 3.05) is 25.0 Å². The lowest BCUT2D eigenvalue weighted by molar-refractivity contribution is 0.612. The molecule has 1 aliphatic rings. The number of aromatic nitrogens is 1. The number of halogens is 1. The number of nitrogens with one attached hydrogen (secondary N) is 2. The number of pyridine rings is 1. The number of hydrogen-bond donors (Lipinski definition) is 2. The van der Waals surface area contributed by atoms with E-state index in [1.165, 1.54) is 15.8 Å². The Morgan fingerprint density at radius 3 is 2.96 bits per heavy atom. The molecule has 25 heavy (non-hydrogen) atoms. The van der Waals surface area contributed by atoms with Gasteiger partial charge in [0.1, 0.15) is 0 Å². The van der Waals surface area contributed by atoms with Crippen molar-refractivity contribution in [3.63, 3.8) is 0 Å². The summed E-state index contributed by atoms with van der Waals surface area (Å²) in [6, 6.07) is 7.63. The van der Waals surface area contributed by atoms with E-state index in [1.54, 1.807) is 19.3 Å². The van der Waals surface area contributed by atoms with Crippen molar-refractivity contribution in [1.29, 1.82) is 0 Å². The van der Waals surface area contributed by atoms with Gasteiger partial charge in [0.2, 0.25) is 0 Å². The normalized spacial score (nSPS) is 17.8. The summed E-state index contributed by atoms with van der Waals surface area (Å²) < 4.78 is 13.9. The number of aryl methyl sites for hydroxylation is 1. The van der Waals surface area contributed by atoms with Crippen molar-refractivity contribution in [2.24, 2.45) is 4.99 Å². The Morgan fingerprint density at radius 1 is 1.40 bits per heavy atom. The highest BCUT2D eigenvalue weighted by Crippen LogP contribution is 2.21. The van der Waals surface area contributed by atoms with Gasteiger partial charge in [-0.05, 0) is 37.1 Å². The fraction of sp³-hybridized carbons (Fsp3) is 0.444. The molecule has 0 aliphatic carbocycles. The highest BCUT2D eigenvalue weighted by molar-refractivity contribution is 7.11. The first-order valence-electron chi connectivity index (χ1n) is 8.59. The van der Waals surface area contributed by atoms with Crippen LogP contribution in [0.25, 0.3) is 0 Å². The van der Waals surface area contributed by atoms with Crippen molar-refractivity contribution < 1.29 is 4.39 Å². The Kier molecular flexibility index (Phi) is 5.86. The molecule has 2 aromatic rings. The second-order valence-electron chi connectivity index (χ2n) is 6.03. The van der Waals surface area contributed by atoms with E-state index >= 15 is 0 Å². The highest BCUT2D eigenvalue weighted by atomic mass is 32.1. The summed E-state index contributed by atoms with van der Waals surface area (Å²) >= 11 is 1.82. The number of guanidine groups is 1. The van der Waals surface area contributed by atoms with E-state index in [2.05, 4.69) is 39.7 Å². The molecule has 0 radical (unpaired) electrons. The summed E-state index contributed by atoms with van der Waals surface area (Å²) in [7, 11) is 1.77. The van der Waals surface area contributed by atoms with Crippen LogP contribution in [0.1, 0.15) is 23.1 Å². The Hall–Kier alpha value is -2.15. The Labute approximate surface area is 152 Å². The topological polar surface area (TPSA) is 52.6 Å². The molecule has 3 rings (SSSR count). The Balaban J connectivity index is 1.52. The number of aliphatic imine (C=N–C) groups is 1. The summed E-state index contributed by atoms with van der Waals surface area (Å²) in [6.45, 7) is 4.43. The molecule has 1 saturated heterocycles. The van der Waals surface area contributed by atoms with Crippen LogP contribution >= 0.6 is 11.3 Å². The van der Waals surface area contributed by atoms with E-state index in [4.69, 9.17) is 0 Å². The van der Waals surface area contributed by atoms with E-state index in [9.17, 15) is 4.39 Å². The molecule has 1 unspecified atom stereocenters. The second kappa shape index (κ2) is 8.29. The molecule has 1 fully saturated rings. The lowest BCUT2D eigenvalue weighted by Crippen LogP contribution is -2.44. The highest BCUT2D eigenvalue weighted by Gasteiger charge is 2.25. The van der Waals surface area contributed by atoms with Gasteiger partial charge in [0.15, 0.2) is 17.6 Å². The molecule has 5 nitrogen and oxygen atoms in total. The van der Waals surface area contributed by atoms with Gasteiger partial charge in [0.25, 0.3) is 0 Å². The second-order valence-corrected chi connectivity index (χ2v) is 7.29. The lowest BCUT2D eigenvalue weighted by atomic mass is 10.3. The zero-order valence-electron chi connectivity index (χ0n) is 14.6. The maximum absolute atomic E-state index is 13.9. The first-order chi connectivity index (χ1) is 12.2. The lowest BCUT2D eigenvalue weighted by Gasteiger charge is -2.19. The summed E-state index contributed by atoms with van der Waals surface area (Å²) in [5.74, 6) is 0.940. The molecule has 2 N–H and O–H groups in total. The zero-order valence-corrected chi connectivity index (χ0v) is 15.4. The van der Waals surface area contributed by atoms with Crippen LogP contribution in [-0.4, -0.2) is 37.1 Å². The number of thiophene rings is 1. The molecule has 3 heterocycles. The van der Waals surface area contributed by atoms with E-state index in [-0.39, 0.29) is 11.9 Å². The molecule has 0 spiro atoms. The van der Waals surface area contributed by atoms with Gasteiger partial charge < -0.3 is 15.5 Å². The van der Waals surface area contributed by atoms with Crippen molar-refractivity contribution in [1.82, 2.24) is 15.6 Å². The van der Waals surface area contributed by atoms with Gasteiger partial charge in [-0.25, -0.2) is 9.37 Å². The summed E-state index contributed by atoms with van der Waals surface area (Å²) in [5, 5.41) is 6.78. The maximum Gasteiger partial charge on any atom is 0.191 e. The Morgan fingerprint density at radius 2 is 2.24 bits per heavy atom. The van der Waals surface area contributed by atoms with E-state index in [0.29, 0.717) is 12.4 Å². The minimum atomic E-state index is -0.268. The number of anilines is 1. The minimum Gasteiger partial charge on any atom is -0.352 e. The minimum absolute atomic E-state index is 0.224. The van der Waals surface area contributed by atoms with Crippen LogP contribution in [0.15, 0.2) is 35.5 Å². The Bertz CT molecular complexity index is 730. The number of hydrogen-bond acceptors (Lipinski definition) is 4. The number of rotatable bonds is 5. The summed E-state index contributed by atoms with van der Waals surface area (Å²) in [4.78, 5) is 13.1. The predicted molar refractivity (Wildman–Crippen MR) is 102 cm³/mol. The third-order valence-corrected chi connectivity index (χ3v) is 5.52. The predicted octanol–water partition coefficient (Wildman–Crippen LogP) is 2.79. The monoisotopic (exact) mass is 361 g/mol. The first kappa shape index (κ1) is 17.7. The van der Waals surface area contributed by atoms with Crippen LogP contribution in [0.4, 0.5) is 10.2 Å². The smallest absolute Gasteiger partial charge is 0.191 e. The van der Waals surface area contributed by atoms with Gasteiger partial charge in [-0.15, -0.1) is 11.3 Å². The SMILES string of the molecule is CCc1ccc(CNC(=NC)NC2CCN(c3ncccc3F)C2)s1. The molecular formula is C18H24FN5S. The molecule has 1 atom stereocenters. The quantitative estimate of drug-likeness (QED) is 0.635. The maximum atomic E-state index is 13.9. The average molecular weight is 361 g/mol. The van der Waals surface area contributed by atoms with Crippen molar-refractivity contribution in [3.05, 3.63) is 46.0 Å². The van der Waals surface area contributed by atoms with Gasteiger partial charge in [0.05, 0.1) is 6.54 Å². The third-order valence-electron chi connectivity index (χ3n) is 4.29. The third kappa shape index (κ3) is 4.48. The van der Waals surface area contributed by atoms with Crippen molar-refractivity contribution in [3.8, 4) is 0 Å². The van der Waals surface area contributed by atoms with Crippen LogP contribution in [-0.2, 0) is 13.0 Å². The standard InChI is InChI=1S/C18H24FN5S/c1-3-14-6-7-15(25-14)11-22-18(20-2)23-13-8-10-24(12-13)17-16(19)5-4-9-21-17/h4-7,9,13H,3,8,10-12H2,1-2H3,(H2,20,22,23). The van der Waals surface area contributed by atoms with Gasteiger partial charge in [-0.3, -0.25) is 4.99 Å². The number of nitrogens with zero attached hydrogens (tertiary/aromatic N) is 3. The van der Waals surface area contributed by atoms with E-state index in [0.717, 1.165) is 31.9 Å². The zero-order chi connectivity index (χ0) is 17.6. The molecule has 7 heteroatoms.